The first-order valence-corrected chi connectivity index (χ1v) is 5.87. The number of aliphatic carboxylic acids is 1. The van der Waals surface area contributed by atoms with Crippen LogP contribution in [0.2, 0.25) is 0 Å². The van der Waals surface area contributed by atoms with Gasteiger partial charge in [-0.25, -0.2) is 0 Å². The lowest BCUT2D eigenvalue weighted by atomic mass is 9.85. The fourth-order valence-electron chi connectivity index (χ4n) is 2.53. The van der Waals surface area contributed by atoms with E-state index in [1.807, 2.05) is 0 Å². The van der Waals surface area contributed by atoms with Gasteiger partial charge in [0.1, 0.15) is 5.92 Å². The molecule has 20 heavy (non-hydrogen) atoms. The SMILES string of the molecule is CN1CC(c2ccccc2C(F)(F)F)C(C(=O)O)C1=O. The predicted molar refractivity (Wildman–Crippen MR) is 62.9 cm³/mol. The first kappa shape index (κ1) is 14.4. The van der Waals surface area contributed by atoms with Crippen LogP contribution in [0.25, 0.3) is 0 Å². The Morgan fingerprint density at radius 1 is 1.35 bits per heavy atom. The molecule has 1 aromatic rings. The highest BCUT2D eigenvalue weighted by atomic mass is 19.4. The van der Waals surface area contributed by atoms with Crippen molar-refractivity contribution in [3.63, 3.8) is 0 Å². The largest absolute Gasteiger partial charge is 0.481 e. The molecule has 1 aromatic carbocycles. The lowest BCUT2D eigenvalue weighted by molar-refractivity contribution is -0.148. The molecule has 0 aliphatic carbocycles. The number of carbonyl (C=O) groups is 2. The van der Waals surface area contributed by atoms with Gasteiger partial charge in [0.15, 0.2) is 0 Å². The van der Waals surface area contributed by atoms with E-state index in [1.165, 1.54) is 25.2 Å². The highest BCUT2D eigenvalue weighted by molar-refractivity contribution is 5.99. The van der Waals surface area contributed by atoms with Crippen LogP contribution in [0.15, 0.2) is 24.3 Å². The summed E-state index contributed by atoms with van der Waals surface area (Å²) >= 11 is 0. The van der Waals surface area contributed by atoms with Crippen LogP contribution in [-0.4, -0.2) is 35.5 Å². The monoisotopic (exact) mass is 287 g/mol. The standard InChI is InChI=1S/C13H12F3NO3/c1-17-6-8(10(11(17)18)12(19)20)7-4-2-3-5-9(7)13(14,15)16/h2-5,8,10H,6H2,1H3,(H,19,20). The van der Waals surface area contributed by atoms with Crippen LogP contribution in [0.5, 0.6) is 0 Å². The molecule has 0 saturated carbocycles. The molecule has 7 heteroatoms. The third kappa shape index (κ3) is 2.35. The van der Waals surface area contributed by atoms with Gasteiger partial charge >= 0.3 is 12.1 Å². The van der Waals surface area contributed by atoms with E-state index in [1.54, 1.807) is 0 Å². The van der Waals surface area contributed by atoms with E-state index in [0.29, 0.717) is 0 Å². The Kier molecular flexibility index (Phi) is 3.45. The number of hydrogen-bond donors (Lipinski definition) is 1. The molecule has 0 aromatic heterocycles. The molecule has 2 atom stereocenters. The van der Waals surface area contributed by atoms with Gasteiger partial charge in [0, 0.05) is 19.5 Å². The van der Waals surface area contributed by atoms with Gasteiger partial charge in [-0.15, -0.1) is 0 Å². The predicted octanol–water partition coefficient (Wildman–Crippen LogP) is 1.96. The molecular formula is C13H12F3NO3. The van der Waals surface area contributed by atoms with E-state index in [0.717, 1.165) is 11.0 Å². The minimum atomic E-state index is -4.58. The summed E-state index contributed by atoms with van der Waals surface area (Å²) in [5, 5.41) is 9.10. The Balaban J connectivity index is 2.51. The number of hydrogen-bond acceptors (Lipinski definition) is 2. The van der Waals surface area contributed by atoms with Gasteiger partial charge in [-0.2, -0.15) is 13.2 Å². The van der Waals surface area contributed by atoms with Crippen molar-refractivity contribution in [3.05, 3.63) is 35.4 Å². The van der Waals surface area contributed by atoms with E-state index in [9.17, 15) is 22.8 Å². The average Bonchev–Trinajstić information content (AvgIpc) is 2.65. The topological polar surface area (TPSA) is 57.6 Å². The van der Waals surface area contributed by atoms with Crippen LogP contribution in [0, 0.1) is 5.92 Å². The summed E-state index contributed by atoms with van der Waals surface area (Å²) in [6, 6.07) is 4.78. The number of carboxylic acid groups (broad SMARTS) is 1. The molecule has 0 radical (unpaired) electrons. The Bertz CT molecular complexity index is 556. The van der Waals surface area contributed by atoms with Gasteiger partial charge in [0.25, 0.3) is 0 Å². The molecular weight excluding hydrogens is 275 g/mol. The van der Waals surface area contributed by atoms with Gasteiger partial charge in [0.2, 0.25) is 5.91 Å². The molecule has 2 unspecified atom stereocenters. The van der Waals surface area contributed by atoms with Gasteiger partial charge in [-0.3, -0.25) is 9.59 Å². The zero-order valence-corrected chi connectivity index (χ0v) is 10.5. The molecule has 0 spiro atoms. The lowest BCUT2D eigenvalue weighted by Gasteiger charge is -2.19. The van der Waals surface area contributed by atoms with Gasteiger partial charge < -0.3 is 10.0 Å². The summed E-state index contributed by atoms with van der Waals surface area (Å²) in [4.78, 5) is 24.1. The maximum Gasteiger partial charge on any atom is 0.416 e. The summed E-state index contributed by atoms with van der Waals surface area (Å²) in [5.74, 6) is -4.54. The summed E-state index contributed by atoms with van der Waals surface area (Å²) in [6.07, 6.45) is -4.58. The third-order valence-electron chi connectivity index (χ3n) is 3.45. The number of carboxylic acids is 1. The maximum absolute atomic E-state index is 13.0. The van der Waals surface area contributed by atoms with Crippen LogP contribution in [0.3, 0.4) is 0 Å². The Morgan fingerprint density at radius 3 is 2.50 bits per heavy atom. The Labute approximate surface area is 112 Å². The normalized spacial score (nSPS) is 23.2. The van der Waals surface area contributed by atoms with Crippen LogP contribution in [0.4, 0.5) is 13.2 Å². The highest BCUT2D eigenvalue weighted by Crippen LogP contribution is 2.40. The van der Waals surface area contributed by atoms with E-state index in [4.69, 9.17) is 5.11 Å². The first-order valence-electron chi connectivity index (χ1n) is 5.87. The zero-order valence-electron chi connectivity index (χ0n) is 10.5. The fourth-order valence-corrected chi connectivity index (χ4v) is 2.53. The second kappa shape index (κ2) is 4.81. The second-order valence-electron chi connectivity index (χ2n) is 4.73. The number of likely N-dealkylation sites (N-methyl/N-ethyl adjacent to an activating group) is 1. The van der Waals surface area contributed by atoms with Crippen molar-refractivity contribution in [3.8, 4) is 0 Å². The van der Waals surface area contributed by atoms with Gasteiger partial charge in [-0.05, 0) is 11.6 Å². The molecule has 1 saturated heterocycles. The van der Waals surface area contributed by atoms with Crippen molar-refractivity contribution in [2.75, 3.05) is 13.6 Å². The second-order valence-corrected chi connectivity index (χ2v) is 4.73. The molecule has 4 nitrogen and oxygen atoms in total. The van der Waals surface area contributed by atoms with Gasteiger partial charge in [-0.1, -0.05) is 18.2 Å². The van der Waals surface area contributed by atoms with Crippen molar-refractivity contribution in [2.24, 2.45) is 5.92 Å². The van der Waals surface area contributed by atoms with E-state index >= 15 is 0 Å². The molecule has 0 bridgehead atoms. The van der Waals surface area contributed by atoms with Crippen LogP contribution in [0.1, 0.15) is 17.0 Å². The fraction of sp³-hybridized carbons (Fsp3) is 0.385. The number of likely N-dealkylation sites (tertiary alicyclic amines) is 1. The molecule has 1 aliphatic heterocycles. The zero-order chi connectivity index (χ0) is 15.1. The summed E-state index contributed by atoms with van der Waals surface area (Å²) in [6.45, 7) is -0.0388. The number of nitrogens with zero attached hydrogens (tertiary/aromatic N) is 1. The minimum absolute atomic E-state index is 0.0388. The van der Waals surface area contributed by atoms with Crippen molar-refractivity contribution in [1.82, 2.24) is 4.90 Å². The lowest BCUT2D eigenvalue weighted by Crippen LogP contribution is -2.28. The number of alkyl halides is 3. The molecule has 1 fully saturated rings. The van der Waals surface area contributed by atoms with Crippen molar-refractivity contribution < 1.29 is 27.9 Å². The Morgan fingerprint density at radius 2 is 1.95 bits per heavy atom. The molecule has 1 amide bonds. The number of rotatable bonds is 2. The molecule has 2 rings (SSSR count). The number of benzene rings is 1. The number of carbonyl (C=O) groups excluding carboxylic acids is 1. The maximum atomic E-state index is 13.0. The van der Waals surface area contributed by atoms with Crippen molar-refractivity contribution in [2.45, 2.75) is 12.1 Å². The summed E-state index contributed by atoms with van der Waals surface area (Å²) in [7, 11) is 1.38. The number of amides is 1. The van der Waals surface area contributed by atoms with Crippen molar-refractivity contribution >= 4 is 11.9 Å². The quantitative estimate of drug-likeness (QED) is 0.846. The highest BCUT2D eigenvalue weighted by Gasteiger charge is 2.47. The molecule has 108 valence electrons. The first-order chi connectivity index (χ1) is 9.23. The summed E-state index contributed by atoms with van der Waals surface area (Å²) < 4.78 is 38.9. The van der Waals surface area contributed by atoms with Crippen LogP contribution in [-0.2, 0) is 15.8 Å². The van der Waals surface area contributed by atoms with Crippen molar-refractivity contribution in [1.29, 1.82) is 0 Å². The van der Waals surface area contributed by atoms with E-state index in [-0.39, 0.29) is 12.1 Å². The summed E-state index contributed by atoms with van der Waals surface area (Å²) in [5.41, 5.74) is -1.04. The van der Waals surface area contributed by atoms with Crippen LogP contribution < -0.4 is 0 Å². The molecule has 1 N–H and O–H groups in total. The Hall–Kier alpha value is -2.05. The third-order valence-corrected chi connectivity index (χ3v) is 3.45. The van der Waals surface area contributed by atoms with Gasteiger partial charge in [0.05, 0.1) is 5.56 Å². The smallest absolute Gasteiger partial charge is 0.416 e. The minimum Gasteiger partial charge on any atom is -0.481 e. The van der Waals surface area contributed by atoms with Crippen LogP contribution >= 0.6 is 0 Å². The molecule has 1 aliphatic rings. The van der Waals surface area contributed by atoms with E-state index in [2.05, 4.69) is 0 Å². The average molecular weight is 287 g/mol. The number of halogens is 3. The molecule has 1 heterocycles. The van der Waals surface area contributed by atoms with E-state index < -0.39 is 35.5 Å².